The molecule has 3 atom stereocenters. The monoisotopic (exact) mass is 881 g/mol. The van der Waals surface area contributed by atoms with Gasteiger partial charge in [-0.3, -0.25) is 14.5 Å². The lowest BCUT2D eigenvalue weighted by molar-refractivity contribution is -0.720. The van der Waals surface area contributed by atoms with E-state index >= 15 is 0 Å². The number of nitrogens with one attached hydrogen (secondary N) is 1. The summed E-state index contributed by atoms with van der Waals surface area (Å²) in [6, 6.07) is 16.5. The predicted molar refractivity (Wildman–Crippen MR) is 215 cm³/mol. The van der Waals surface area contributed by atoms with Crippen LogP contribution in [0, 0.1) is 0 Å². The molecule has 2 fully saturated rings. The topological polar surface area (TPSA) is 141 Å². The molecule has 3 unspecified atom stereocenters. The largest absolute Gasteiger partial charge is 1.00 e. The molecular weight excluding hydrogens is 836 g/mol. The number of benzene rings is 2. The van der Waals surface area contributed by atoms with Crippen LogP contribution in [-0.4, -0.2) is 98.6 Å². The van der Waals surface area contributed by atoms with E-state index in [-0.39, 0.29) is 63.6 Å². The maximum atomic E-state index is 13.3. The van der Waals surface area contributed by atoms with Crippen molar-refractivity contribution >= 4 is 65.1 Å². The van der Waals surface area contributed by atoms with Crippen molar-refractivity contribution in [3.63, 3.8) is 0 Å². The summed E-state index contributed by atoms with van der Waals surface area (Å²) in [6.07, 6.45) is 5.10. The molecule has 0 bridgehead atoms. The summed E-state index contributed by atoms with van der Waals surface area (Å²) in [7, 11) is 3.19. The highest BCUT2D eigenvalue weighted by Crippen LogP contribution is 2.40. The van der Waals surface area contributed by atoms with Crippen molar-refractivity contribution in [3.05, 3.63) is 101 Å². The number of rotatable bonds is 14. The van der Waals surface area contributed by atoms with Gasteiger partial charge in [0.05, 0.1) is 18.2 Å². The number of esters is 1. The summed E-state index contributed by atoms with van der Waals surface area (Å²) in [5.41, 5.74) is 2.22. The number of amides is 2. The third-order valence-electron chi connectivity index (χ3n) is 9.53. The molecule has 15 nitrogen and oxygen atoms in total. The molecule has 6 rings (SSSR count). The molecule has 2 aliphatic rings. The average Bonchev–Trinajstić information content (AvgIpc) is 3.84. The first-order valence-electron chi connectivity index (χ1n) is 18.2. The predicted octanol–water partition coefficient (Wildman–Crippen LogP) is 1.97. The number of anilines is 2. The Morgan fingerprint density at radius 2 is 1.84 bits per heavy atom. The summed E-state index contributed by atoms with van der Waals surface area (Å²) >= 11 is 13.0. The Morgan fingerprint density at radius 1 is 1.10 bits per heavy atom. The zero-order valence-electron chi connectivity index (χ0n) is 32.5. The molecule has 314 valence electrons. The van der Waals surface area contributed by atoms with E-state index in [2.05, 4.69) is 15.2 Å². The number of pyridine rings is 1. The standard InChI is InChI=1S/C39H46Cl2N7O8.2ClH/c1-27(49)46-16-18-47(19-17-46)31-8-10-32(11-9-31)52-23-33-24-54-39(56-33,34-12-7-30(40)20-35(34)41)25-45-14-15-48(26-45)28(2)55-38(51)44(4)37-29(6-5-13-43-37)22-53-36(50)21-42-3;;/h5-15,20,26,28,33,42H,16-19,21-25H2,1-4H3;2*1H/q+1;;/p-1. The number of carbonyl (C=O) groups is 3. The van der Waals surface area contributed by atoms with E-state index in [4.69, 9.17) is 46.9 Å². The first-order chi connectivity index (χ1) is 26.9. The van der Waals surface area contributed by atoms with E-state index in [1.165, 1.54) is 11.9 Å². The van der Waals surface area contributed by atoms with Crippen LogP contribution >= 0.6 is 35.6 Å². The maximum absolute atomic E-state index is 13.3. The Bertz CT molecular complexity index is 2000. The van der Waals surface area contributed by atoms with Crippen molar-refractivity contribution in [2.75, 3.05) is 69.8 Å². The van der Waals surface area contributed by atoms with Crippen molar-refractivity contribution in [3.8, 4) is 5.75 Å². The number of carbonyl (C=O) groups excluding carboxylic acids is 3. The Hall–Kier alpha value is -4.35. The molecule has 2 saturated heterocycles. The fraction of sp³-hybridized carbons (Fsp3) is 0.410. The molecular formula is C39H47Cl4N7O8. The summed E-state index contributed by atoms with van der Waals surface area (Å²) in [6.45, 7) is 6.96. The van der Waals surface area contributed by atoms with Gasteiger partial charge in [0.15, 0.2) is 0 Å². The van der Waals surface area contributed by atoms with Crippen molar-refractivity contribution in [1.82, 2.24) is 19.8 Å². The van der Waals surface area contributed by atoms with Gasteiger partial charge in [0.1, 0.15) is 49.8 Å². The Labute approximate surface area is 359 Å². The van der Waals surface area contributed by atoms with Crippen LogP contribution < -0.4 is 36.8 Å². The fourth-order valence-electron chi connectivity index (χ4n) is 6.51. The second-order valence-electron chi connectivity index (χ2n) is 13.5. The number of aromatic nitrogens is 3. The fourth-order valence-corrected chi connectivity index (χ4v) is 7.06. The van der Waals surface area contributed by atoms with Gasteiger partial charge in [-0.25, -0.2) is 14.3 Å². The van der Waals surface area contributed by atoms with E-state index in [1.54, 1.807) is 74.5 Å². The van der Waals surface area contributed by atoms with E-state index < -0.39 is 30.2 Å². The lowest BCUT2D eigenvalue weighted by Crippen LogP contribution is -3.00. The van der Waals surface area contributed by atoms with Gasteiger partial charge in [0.25, 0.3) is 0 Å². The number of imidazole rings is 1. The summed E-state index contributed by atoms with van der Waals surface area (Å²) in [4.78, 5) is 46.5. The number of nitrogens with zero attached hydrogens (tertiary/aromatic N) is 6. The third-order valence-corrected chi connectivity index (χ3v) is 10.1. The molecule has 2 aromatic heterocycles. The van der Waals surface area contributed by atoms with Gasteiger partial charge in [0.2, 0.25) is 24.2 Å². The molecule has 0 radical (unpaired) electrons. The van der Waals surface area contributed by atoms with Crippen LogP contribution in [-0.2, 0) is 47.5 Å². The zero-order valence-corrected chi connectivity index (χ0v) is 35.6. The number of piperazine rings is 1. The Kier molecular flexibility index (Phi) is 16.8. The molecule has 4 heterocycles. The first kappa shape index (κ1) is 46.3. The van der Waals surface area contributed by atoms with Crippen LogP contribution in [0.1, 0.15) is 31.2 Å². The highest BCUT2D eigenvalue weighted by Gasteiger charge is 2.47. The first-order valence-corrected chi connectivity index (χ1v) is 19.0. The second kappa shape index (κ2) is 21.1. The van der Waals surface area contributed by atoms with Crippen LogP contribution in [0.25, 0.3) is 0 Å². The van der Waals surface area contributed by atoms with Crippen molar-refractivity contribution < 1.29 is 55.0 Å². The SMILES string of the molecule is CNCC(=O)OCc1cccnc1N(C)C(=O)OC(C)n1cc[n+](CC2(c3ccc(Cl)cc3Cl)OCC(COc3ccc(N4CCN(C(C)=O)CC4)cc3)O2)c1.Cl.[Cl-]. The lowest BCUT2D eigenvalue weighted by atomic mass is 10.1. The number of hydrogen-bond acceptors (Lipinski definition) is 11. The van der Waals surface area contributed by atoms with Crippen LogP contribution in [0.3, 0.4) is 0 Å². The highest BCUT2D eigenvalue weighted by atomic mass is 35.5. The summed E-state index contributed by atoms with van der Waals surface area (Å²) in [5, 5.41) is 3.60. The Morgan fingerprint density at radius 3 is 2.53 bits per heavy atom. The molecule has 2 aromatic carbocycles. The number of likely N-dealkylation sites (N-methyl/N-ethyl adjacent to an activating group) is 1. The highest BCUT2D eigenvalue weighted by molar-refractivity contribution is 6.35. The molecule has 0 aliphatic carbocycles. The smallest absolute Gasteiger partial charge is 0.418 e. The molecule has 58 heavy (non-hydrogen) atoms. The van der Waals surface area contributed by atoms with E-state index in [1.807, 2.05) is 39.9 Å². The van der Waals surface area contributed by atoms with Crippen molar-refractivity contribution in [1.29, 1.82) is 0 Å². The minimum absolute atomic E-state index is 0. The number of ether oxygens (including phenoxy) is 5. The number of hydrogen-bond donors (Lipinski definition) is 1. The van der Waals surface area contributed by atoms with Crippen LogP contribution in [0.2, 0.25) is 10.0 Å². The van der Waals surface area contributed by atoms with Gasteiger partial charge in [-0.05, 0) is 49.5 Å². The molecule has 19 heteroatoms. The van der Waals surface area contributed by atoms with Crippen LogP contribution in [0.5, 0.6) is 5.75 Å². The van der Waals surface area contributed by atoms with Gasteiger partial charge in [-0.15, -0.1) is 12.4 Å². The third kappa shape index (κ3) is 11.4. The molecule has 2 aliphatic heterocycles. The average molecular weight is 884 g/mol. The van der Waals surface area contributed by atoms with Crippen molar-refractivity contribution in [2.24, 2.45) is 0 Å². The van der Waals surface area contributed by atoms with Crippen molar-refractivity contribution in [2.45, 2.75) is 45.1 Å². The van der Waals surface area contributed by atoms with E-state index in [0.29, 0.717) is 45.8 Å². The quantitative estimate of drug-likeness (QED) is 0.147. The zero-order chi connectivity index (χ0) is 39.8. The van der Waals surface area contributed by atoms with Gasteiger partial charge in [-0.2, -0.15) is 4.57 Å². The van der Waals surface area contributed by atoms with E-state index in [9.17, 15) is 14.4 Å². The Balaban J connectivity index is 0.00000372. The van der Waals surface area contributed by atoms with Crippen LogP contribution in [0.15, 0.2) is 79.5 Å². The van der Waals surface area contributed by atoms with Gasteiger partial charge < -0.3 is 51.2 Å². The number of halogens is 4. The maximum Gasteiger partial charge on any atom is 0.418 e. The minimum atomic E-state index is -1.29. The van der Waals surface area contributed by atoms with Gasteiger partial charge in [-0.1, -0.05) is 35.3 Å². The summed E-state index contributed by atoms with van der Waals surface area (Å²) in [5.74, 6) is -0.624. The van der Waals surface area contributed by atoms with Crippen LogP contribution in [0.4, 0.5) is 16.3 Å². The lowest BCUT2D eigenvalue weighted by Gasteiger charge is -2.35. The van der Waals surface area contributed by atoms with Gasteiger partial charge in [0, 0.05) is 75.1 Å². The summed E-state index contributed by atoms with van der Waals surface area (Å²) < 4.78 is 33.9. The molecule has 0 spiro atoms. The molecule has 0 saturated carbocycles. The second-order valence-corrected chi connectivity index (χ2v) is 14.3. The molecule has 2 amide bonds. The molecule has 1 N–H and O–H groups in total. The normalized spacial score (nSPS) is 18.1. The molecule has 4 aromatic rings. The van der Waals surface area contributed by atoms with Gasteiger partial charge >= 0.3 is 12.1 Å². The minimum Gasteiger partial charge on any atom is -1.00 e. The van der Waals surface area contributed by atoms with E-state index in [0.717, 1.165) is 18.8 Å².